The number of carbonyl (C=O) groups is 1. The molecule has 2 aromatic heterocycles. The number of hydrogen-bond acceptors (Lipinski definition) is 5. The fourth-order valence-corrected chi connectivity index (χ4v) is 3.67. The molecule has 3 aromatic carbocycles. The van der Waals surface area contributed by atoms with Crippen molar-refractivity contribution in [1.29, 1.82) is 0 Å². The van der Waals surface area contributed by atoms with Crippen LogP contribution in [-0.4, -0.2) is 25.1 Å². The zero-order valence-corrected chi connectivity index (χ0v) is 18.3. The Balaban J connectivity index is 1.56. The molecule has 0 unspecified atom stereocenters. The van der Waals surface area contributed by atoms with Crippen molar-refractivity contribution in [1.82, 2.24) is 19.2 Å². The largest absolute Gasteiger partial charge is 0.436 e. The van der Waals surface area contributed by atoms with Crippen LogP contribution in [0.1, 0.15) is 5.56 Å². The Kier molecular flexibility index (Phi) is 5.27. The molecule has 33 heavy (non-hydrogen) atoms. The van der Waals surface area contributed by atoms with E-state index in [2.05, 4.69) is 15.4 Å². The lowest BCUT2D eigenvalue weighted by molar-refractivity contribution is -0.117. The third-order valence-corrected chi connectivity index (χ3v) is 5.34. The summed E-state index contributed by atoms with van der Waals surface area (Å²) in [5.41, 5.74) is 2.30. The molecule has 0 spiro atoms. The maximum absolute atomic E-state index is 13.2. The zero-order valence-electron chi connectivity index (χ0n) is 17.5. The zero-order chi connectivity index (χ0) is 22.9. The number of hydrogen-bond donors (Lipinski definition) is 1. The van der Waals surface area contributed by atoms with E-state index in [0.29, 0.717) is 27.5 Å². The number of para-hydroxylation sites is 3. The fraction of sp³-hybridized carbons (Fsp3) is 0.0833. The molecule has 2 heterocycles. The first kappa shape index (κ1) is 20.7. The molecule has 5 aromatic rings. The number of ether oxygens (including phenoxy) is 1. The Bertz CT molecular complexity index is 1560. The third kappa shape index (κ3) is 4.04. The Labute approximate surface area is 193 Å². The highest BCUT2D eigenvalue weighted by molar-refractivity contribution is 6.31. The van der Waals surface area contributed by atoms with Crippen LogP contribution in [0.25, 0.3) is 16.7 Å². The number of aryl methyl sites for hydroxylation is 1. The molecule has 0 fully saturated rings. The minimum atomic E-state index is -0.473. The van der Waals surface area contributed by atoms with E-state index >= 15 is 0 Å². The maximum atomic E-state index is 13.2. The second-order valence-corrected chi connectivity index (χ2v) is 7.86. The number of rotatable bonds is 5. The van der Waals surface area contributed by atoms with Crippen molar-refractivity contribution < 1.29 is 9.53 Å². The van der Waals surface area contributed by atoms with Gasteiger partial charge in [0.1, 0.15) is 12.3 Å². The molecule has 5 rings (SSSR count). The van der Waals surface area contributed by atoms with Gasteiger partial charge in [-0.2, -0.15) is 0 Å². The maximum Gasteiger partial charge on any atom is 0.351 e. The molecule has 1 amide bonds. The second-order valence-electron chi connectivity index (χ2n) is 7.43. The highest BCUT2D eigenvalue weighted by Gasteiger charge is 2.19. The summed E-state index contributed by atoms with van der Waals surface area (Å²) in [7, 11) is 0. The molecule has 164 valence electrons. The van der Waals surface area contributed by atoms with Crippen LogP contribution < -0.4 is 15.7 Å². The summed E-state index contributed by atoms with van der Waals surface area (Å²) >= 11 is 6.04. The van der Waals surface area contributed by atoms with Gasteiger partial charge in [-0.3, -0.25) is 4.79 Å². The number of anilines is 1. The summed E-state index contributed by atoms with van der Waals surface area (Å²) in [5, 5.41) is 7.66. The van der Waals surface area contributed by atoms with Crippen LogP contribution in [0.5, 0.6) is 11.6 Å². The average Bonchev–Trinajstić information content (AvgIpc) is 3.13. The lowest BCUT2D eigenvalue weighted by Crippen LogP contribution is -2.28. The van der Waals surface area contributed by atoms with E-state index in [1.54, 1.807) is 48.5 Å². The summed E-state index contributed by atoms with van der Waals surface area (Å²) in [6.07, 6.45) is 0. The van der Waals surface area contributed by atoms with Crippen molar-refractivity contribution >= 4 is 39.9 Å². The third-order valence-electron chi connectivity index (χ3n) is 5.10. The number of fused-ring (bicyclic) bond motifs is 3. The molecule has 0 radical (unpaired) electrons. The summed E-state index contributed by atoms with van der Waals surface area (Å²) < 4.78 is 8.43. The first-order chi connectivity index (χ1) is 16.0. The molecular weight excluding hydrogens is 442 g/mol. The number of carbonyl (C=O) groups excluding carboxylic acids is 1. The van der Waals surface area contributed by atoms with Crippen molar-refractivity contribution in [2.45, 2.75) is 13.5 Å². The Morgan fingerprint density at radius 2 is 1.82 bits per heavy atom. The lowest BCUT2D eigenvalue weighted by Gasteiger charge is -2.08. The minimum Gasteiger partial charge on any atom is -0.436 e. The van der Waals surface area contributed by atoms with E-state index in [-0.39, 0.29) is 18.1 Å². The van der Waals surface area contributed by atoms with Crippen molar-refractivity contribution in [3.63, 3.8) is 0 Å². The lowest BCUT2D eigenvalue weighted by atomic mass is 10.2. The average molecular weight is 460 g/mol. The molecule has 0 saturated carbocycles. The predicted molar refractivity (Wildman–Crippen MR) is 126 cm³/mol. The summed E-state index contributed by atoms with van der Waals surface area (Å²) in [5.74, 6) is 0.314. The van der Waals surface area contributed by atoms with Gasteiger partial charge in [0.05, 0.1) is 11.0 Å². The topological polar surface area (TPSA) is 90.5 Å². The Hall–Kier alpha value is -4.17. The predicted octanol–water partition coefficient (Wildman–Crippen LogP) is 4.44. The first-order valence-electron chi connectivity index (χ1n) is 10.2. The van der Waals surface area contributed by atoms with Gasteiger partial charge >= 0.3 is 5.69 Å². The van der Waals surface area contributed by atoms with Gasteiger partial charge in [0.2, 0.25) is 11.6 Å². The molecular formula is C24H18ClN5O3. The summed E-state index contributed by atoms with van der Waals surface area (Å²) in [6.45, 7) is 1.57. The molecule has 9 heteroatoms. The van der Waals surface area contributed by atoms with E-state index in [0.717, 1.165) is 10.2 Å². The first-order valence-corrected chi connectivity index (χ1v) is 10.5. The summed E-state index contributed by atoms with van der Waals surface area (Å²) in [6, 6.07) is 21.5. The van der Waals surface area contributed by atoms with E-state index < -0.39 is 11.6 Å². The van der Waals surface area contributed by atoms with Crippen LogP contribution in [0.2, 0.25) is 5.02 Å². The number of amides is 1. The number of nitrogens with one attached hydrogen (secondary N) is 1. The fourth-order valence-electron chi connectivity index (χ4n) is 3.50. The summed E-state index contributed by atoms with van der Waals surface area (Å²) in [4.78, 5) is 30.5. The van der Waals surface area contributed by atoms with Gasteiger partial charge in [-0.05, 0) is 48.9 Å². The monoisotopic (exact) mass is 459 g/mol. The van der Waals surface area contributed by atoms with E-state index in [1.165, 1.54) is 4.40 Å². The quantitative estimate of drug-likeness (QED) is 0.419. The van der Waals surface area contributed by atoms with E-state index in [1.807, 2.05) is 31.2 Å². The number of halogens is 1. The van der Waals surface area contributed by atoms with Gasteiger partial charge in [-0.1, -0.05) is 48.0 Å². The van der Waals surface area contributed by atoms with Gasteiger partial charge in [-0.15, -0.1) is 5.10 Å². The molecule has 1 N–H and O–H groups in total. The Morgan fingerprint density at radius 1 is 1.06 bits per heavy atom. The van der Waals surface area contributed by atoms with Gasteiger partial charge in [0.25, 0.3) is 5.88 Å². The standard InChI is InChI=1S/C24H18ClN5O3/c1-15-11-12-16(25)13-19(15)26-21(31)14-29-24(32)30-20-10-6-5-9-18(20)27-23(22(30)28-29)33-17-7-3-2-4-8-17/h2-13H,14H2,1H3,(H,26,31). The molecule has 0 aliphatic rings. The van der Waals surface area contributed by atoms with Crippen molar-refractivity contribution in [2.24, 2.45) is 0 Å². The molecule has 0 saturated heterocycles. The molecule has 8 nitrogen and oxygen atoms in total. The van der Waals surface area contributed by atoms with E-state index in [9.17, 15) is 9.59 Å². The molecule has 0 bridgehead atoms. The molecule has 0 aliphatic heterocycles. The highest BCUT2D eigenvalue weighted by Crippen LogP contribution is 2.26. The van der Waals surface area contributed by atoms with E-state index in [4.69, 9.17) is 16.3 Å². The number of nitrogens with zero attached hydrogens (tertiary/aromatic N) is 4. The van der Waals surface area contributed by atoms with Crippen LogP contribution in [0.4, 0.5) is 5.69 Å². The Morgan fingerprint density at radius 3 is 2.64 bits per heavy atom. The smallest absolute Gasteiger partial charge is 0.351 e. The van der Waals surface area contributed by atoms with Gasteiger partial charge < -0.3 is 10.1 Å². The molecule has 0 atom stereocenters. The second kappa shape index (κ2) is 8.40. The van der Waals surface area contributed by atoms with Crippen LogP contribution >= 0.6 is 11.6 Å². The van der Waals surface area contributed by atoms with Gasteiger partial charge in [0, 0.05) is 10.7 Å². The minimum absolute atomic E-state index is 0.168. The van der Waals surface area contributed by atoms with Crippen molar-refractivity contribution in [3.8, 4) is 11.6 Å². The van der Waals surface area contributed by atoms with Gasteiger partial charge in [-0.25, -0.2) is 18.9 Å². The van der Waals surface area contributed by atoms with Crippen molar-refractivity contribution in [2.75, 3.05) is 5.32 Å². The SMILES string of the molecule is Cc1ccc(Cl)cc1NC(=O)Cn1nc2c(Oc3ccccc3)nc3ccccc3n2c1=O. The van der Waals surface area contributed by atoms with Crippen LogP contribution in [-0.2, 0) is 11.3 Å². The normalized spacial score (nSPS) is 11.1. The van der Waals surface area contributed by atoms with Crippen LogP contribution in [0.15, 0.2) is 77.6 Å². The highest BCUT2D eigenvalue weighted by atomic mass is 35.5. The van der Waals surface area contributed by atoms with Crippen molar-refractivity contribution in [3.05, 3.63) is 93.9 Å². The molecule has 0 aliphatic carbocycles. The number of aromatic nitrogens is 4. The van der Waals surface area contributed by atoms with Gasteiger partial charge in [0.15, 0.2) is 0 Å². The number of benzene rings is 3. The van der Waals surface area contributed by atoms with Crippen LogP contribution in [0, 0.1) is 6.92 Å². The van der Waals surface area contributed by atoms with Crippen LogP contribution in [0.3, 0.4) is 0 Å².